The Kier molecular flexibility index (Phi) is 2.82. The van der Waals surface area contributed by atoms with Crippen LogP contribution in [0, 0.1) is 11.8 Å². The van der Waals surface area contributed by atoms with E-state index in [0.717, 1.165) is 34.9 Å². The van der Waals surface area contributed by atoms with Crippen LogP contribution in [0.5, 0.6) is 0 Å². The van der Waals surface area contributed by atoms with Gasteiger partial charge >= 0.3 is 0 Å². The highest BCUT2D eigenvalue weighted by Gasteiger charge is 2.41. The first-order valence-electron chi connectivity index (χ1n) is 7.22. The molecule has 2 aromatic rings. The summed E-state index contributed by atoms with van der Waals surface area (Å²) in [6.45, 7) is 0.827. The third-order valence-electron chi connectivity index (χ3n) is 4.42. The first-order valence-corrected chi connectivity index (χ1v) is 7.60. The van der Waals surface area contributed by atoms with Crippen molar-refractivity contribution in [3.8, 4) is 0 Å². The normalized spacial score (nSPS) is 19.5. The molecule has 2 saturated carbocycles. The van der Waals surface area contributed by atoms with E-state index >= 15 is 0 Å². The van der Waals surface area contributed by atoms with Crippen molar-refractivity contribution in [1.82, 2.24) is 5.32 Å². The summed E-state index contributed by atoms with van der Waals surface area (Å²) in [6, 6.07) is 8.78. The Morgan fingerprint density at radius 3 is 2.53 bits per heavy atom. The number of rotatable bonds is 5. The Morgan fingerprint density at radius 1 is 1.16 bits per heavy atom. The molecular formula is C16H18ClNO. The molecule has 1 N–H and O–H groups in total. The molecule has 2 fully saturated rings. The number of fused-ring (bicyclic) bond motifs is 1. The van der Waals surface area contributed by atoms with Crippen LogP contribution in [0.3, 0.4) is 0 Å². The first-order chi connectivity index (χ1) is 9.33. The number of furan rings is 1. The van der Waals surface area contributed by atoms with E-state index in [2.05, 4.69) is 11.4 Å². The van der Waals surface area contributed by atoms with Gasteiger partial charge in [-0.1, -0.05) is 18.2 Å². The summed E-state index contributed by atoms with van der Waals surface area (Å²) in [7, 11) is 0. The zero-order valence-corrected chi connectivity index (χ0v) is 11.6. The number of benzene rings is 1. The molecule has 0 atom stereocenters. The van der Waals surface area contributed by atoms with E-state index in [1.54, 1.807) is 0 Å². The summed E-state index contributed by atoms with van der Waals surface area (Å²) in [4.78, 5) is 0. The summed E-state index contributed by atoms with van der Waals surface area (Å²) in [5.41, 5.74) is 2.00. The van der Waals surface area contributed by atoms with Crippen LogP contribution >= 0.6 is 11.6 Å². The summed E-state index contributed by atoms with van der Waals surface area (Å²) in [5.74, 6) is 1.81. The molecule has 0 amide bonds. The quantitative estimate of drug-likeness (QED) is 0.877. The van der Waals surface area contributed by atoms with Crippen molar-refractivity contribution in [2.45, 2.75) is 38.3 Å². The number of hydrogen-bond acceptors (Lipinski definition) is 2. The maximum Gasteiger partial charge on any atom is 0.199 e. The maximum absolute atomic E-state index is 6.23. The molecule has 1 heterocycles. The van der Waals surface area contributed by atoms with E-state index in [0.29, 0.717) is 11.3 Å². The third kappa shape index (κ3) is 2.28. The molecule has 0 radical (unpaired) electrons. The van der Waals surface area contributed by atoms with Crippen molar-refractivity contribution < 1.29 is 4.42 Å². The highest BCUT2D eigenvalue weighted by molar-refractivity contribution is 6.30. The molecule has 19 heavy (non-hydrogen) atoms. The molecule has 1 aromatic heterocycles. The summed E-state index contributed by atoms with van der Waals surface area (Å²) in [6.07, 6.45) is 5.59. The van der Waals surface area contributed by atoms with Gasteiger partial charge in [0.05, 0.1) is 0 Å². The van der Waals surface area contributed by atoms with E-state index in [1.165, 1.54) is 25.7 Å². The van der Waals surface area contributed by atoms with Crippen molar-refractivity contribution in [3.63, 3.8) is 0 Å². The minimum atomic E-state index is 0.541. The van der Waals surface area contributed by atoms with Crippen molar-refractivity contribution >= 4 is 22.6 Å². The average Bonchev–Trinajstić information content (AvgIpc) is 3.30. The van der Waals surface area contributed by atoms with Gasteiger partial charge in [-0.05, 0) is 55.2 Å². The largest absolute Gasteiger partial charge is 0.444 e. The summed E-state index contributed by atoms with van der Waals surface area (Å²) < 4.78 is 5.61. The second-order valence-electron chi connectivity index (χ2n) is 5.93. The third-order valence-corrected chi connectivity index (χ3v) is 4.73. The smallest absolute Gasteiger partial charge is 0.199 e. The lowest BCUT2D eigenvalue weighted by atomic mass is 10.1. The van der Waals surface area contributed by atoms with Gasteiger partial charge in [0.15, 0.2) is 5.22 Å². The highest BCUT2D eigenvalue weighted by atomic mass is 35.5. The molecule has 0 unspecified atom stereocenters. The molecule has 0 aliphatic heterocycles. The van der Waals surface area contributed by atoms with Crippen LogP contribution in [0.2, 0.25) is 5.22 Å². The monoisotopic (exact) mass is 275 g/mol. The average molecular weight is 276 g/mol. The van der Waals surface area contributed by atoms with Gasteiger partial charge in [-0.2, -0.15) is 0 Å². The first kappa shape index (κ1) is 11.8. The van der Waals surface area contributed by atoms with Crippen LogP contribution in [0.15, 0.2) is 28.7 Å². The van der Waals surface area contributed by atoms with Crippen LogP contribution in [0.1, 0.15) is 31.2 Å². The van der Waals surface area contributed by atoms with E-state index in [-0.39, 0.29) is 0 Å². The lowest BCUT2D eigenvalue weighted by Crippen LogP contribution is -2.32. The number of nitrogens with one attached hydrogen (secondary N) is 1. The Morgan fingerprint density at radius 2 is 1.84 bits per heavy atom. The predicted octanol–water partition coefficient (Wildman–Crippen LogP) is 4.36. The van der Waals surface area contributed by atoms with Crippen LogP contribution in [-0.4, -0.2) is 6.04 Å². The van der Waals surface area contributed by atoms with Crippen LogP contribution < -0.4 is 5.32 Å². The highest BCUT2D eigenvalue weighted by Crippen LogP contribution is 2.44. The van der Waals surface area contributed by atoms with Crippen LogP contribution in [-0.2, 0) is 6.54 Å². The molecule has 0 saturated heterocycles. The number of halogens is 1. The lowest BCUT2D eigenvalue weighted by Gasteiger charge is -2.17. The Balaban J connectivity index is 1.55. The van der Waals surface area contributed by atoms with E-state index in [4.69, 9.17) is 16.0 Å². The van der Waals surface area contributed by atoms with Gasteiger partial charge in [0.2, 0.25) is 0 Å². The maximum atomic E-state index is 6.23. The van der Waals surface area contributed by atoms with Crippen molar-refractivity contribution in [2.75, 3.05) is 0 Å². The molecule has 4 rings (SSSR count). The molecule has 2 aliphatic rings. The molecular weight excluding hydrogens is 258 g/mol. The minimum Gasteiger partial charge on any atom is -0.444 e. The second-order valence-corrected chi connectivity index (χ2v) is 6.28. The minimum absolute atomic E-state index is 0.541. The van der Waals surface area contributed by atoms with E-state index in [9.17, 15) is 0 Å². The molecule has 2 aliphatic carbocycles. The Labute approximate surface area is 118 Å². The fourth-order valence-electron chi connectivity index (χ4n) is 3.08. The Hall–Kier alpha value is -0.990. The topological polar surface area (TPSA) is 25.2 Å². The van der Waals surface area contributed by atoms with Crippen molar-refractivity contribution in [3.05, 3.63) is 35.0 Å². The number of para-hydroxylation sites is 1. The lowest BCUT2D eigenvalue weighted by molar-refractivity contribution is 0.415. The van der Waals surface area contributed by atoms with Gasteiger partial charge in [0.25, 0.3) is 0 Å². The van der Waals surface area contributed by atoms with Crippen LogP contribution in [0.25, 0.3) is 11.0 Å². The van der Waals surface area contributed by atoms with Gasteiger partial charge in [-0.15, -0.1) is 0 Å². The Bertz CT molecular complexity index is 586. The zero-order valence-electron chi connectivity index (χ0n) is 10.9. The molecule has 0 bridgehead atoms. The van der Waals surface area contributed by atoms with Gasteiger partial charge < -0.3 is 9.73 Å². The predicted molar refractivity (Wildman–Crippen MR) is 77.3 cm³/mol. The van der Waals surface area contributed by atoms with Gasteiger partial charge in [0, 0.05) is 23.5 Å². The van der Waals surface area contributed by atoms with E-state index in [1.807, 2.05) is 18.2 Å². The molecule has 1 aromatic carbocycles. The van der Waals surface area contributed by atoms with Crippen LogP contribution in [0.4, 0.5) is 0 Å². The molecule has 2 nitrogen and oxygen atoms in total. The van der Waals surface area contributed by atoms with Crippen molar-refractivity contribution in [1.29, 1.82) is 0 Å². The van der Waals surface area contributed by atoms with Gasteiger partial charge in [-0.3, -0.25) is 0 Å². The second kappa shape index (κ2) is 4.53. The fraction of sp³-hybridized carbons (Fsp3) is 0.500. The molecule has 3 heteroatoms. The van der Waals surface area contributed by atoms with Crippen molar-refractivity contribution in [2.24, 2.45) is 11.8 Å². The SMILES string of the molecule is Clc1oc2ccccc2c1CNC(C1CC1)C1CC1. The van der Waals surface area contributed by atoms with Gasteiger partial charge in [-0.25, -0.2) is 0 Å². The zero-order chi connectivity index (χ0) is 12.8. The molecule has 100 valence electrons. The summed E-state index contributed by atoms with van der Waals surface area (Å²) in [5, 5.41) is 5.42. The standard InChI is InChI=1S/C16H18ClNO/c17-16-13(12-3-1-2-4-14(12)19-16)9-18-15(10-5-6-10)11-7-8-11/h1-4,10-11,15,18H,5-9H2. The fourth-order valence-corrected chi connectivity index (χ4v) is 3.33. The van der Waals surface area contributed by atoms with E-state index < -0.39 is 0 Å². The van der Waals surface area contributed by atoms with Gasteiger partial charge in [0.1, 0.15) is 5.58 Å². The number of hydrogen-bond donors (Lipinski definition) is 1. The molecule has 0 spiro atoms. The summed E-state index contributed by atoms with van der Waals surface area (Å²) >= 11 is 6.23.